The number of imidazole rings is 1. The highest BCUT2D eigenvalue weighted by molar-refractivity contribution is 6.05. The number of alkyl halides is 2. The second-order valence-corrected chi connectivity index (χ2v) is 9.74. The van der Waals surface area contributed by atoms with E-state index in [1.165, 1.54) is 5.01 Å². The number of piperidine rings is 2. The van der Waals surface area contributed by atoms with Crippen LogP contribution >= 0.6 is 0 Å². The Hall–Kier alpha value is -3.66. The molecule has 5 heterocycles. The fourth-order valence-corrected chi connectivity index (χ4v) is 5.33. The number of fused-ring (bicyclic) bond motifs is 2. The van der Waals surface area contributed by atoms with Gasteiger partial charge in [-0.25, -0.2) is 18.8 Å². The van der Waals surface area contributed by atoms with Crippen molar-refractivity contribution >= 4 is 23.4 Å². The fourth-order valence-electron chi connectivity index (χ4n) is 5.33. The highest BCUT2D eigenvalue weighted by Gasteiger charge is 2.39. The summed E-state index contributed by atoms with van der Waals surface area (Å²) in [6.07, 6.45) is 6.24. The molecule has 3 aliphatic rings. The number of amides is 3. The zero-order valence-corrected chi connectivity index (χ0v) is 19.6. The highest BCUT2D eigenvalue weighted by Crippen LogP contribution is 2.34. The average Bonchev–Trinajstić information content (AvgIpc) is 3.44. The van der Waals surface area contributed by atoms with Crippen LogP contribution in [-0.4, -0.2) is 61.0 Å². The molecule has 3 amide bonds. The largest absolute Gasteiger partial charge is 0.306 e. The van der Waals surface area contributed by atoms with Gasteiger partial charge in [0.05, 0.1) is 6.54 Å². The quantitative estimate of drug-likeness (QED) is 0.519. The molecule has 6 rings (SSSR count). The molecule has 36 heavy (non-hydrogen) atoms. The Morgan fingerprint density at radius 3 is 2.47 bits per heavy atom. The van der Waals surface area contributed by atoms with Crippen molar-refractivity contribution in [3.63, 3.8) is 0 Å². The molecule has 0 spiro atoms. The van der Waals surface area contributed by atoms with E-state index in [-0.39, 0.29) is 49.9 Å². The first kappa shape index (κ1) is 22.8. The molecular formula is C26H25F2N5O3. The maximum atomic E-state index is 13.6. The van der Waals surface area contributed by atoms with Gasteiger partial charge in [0.2, 0.25) is 11.8 Å². The SMILES string of the molecule is O=C1c2ccc(-c3cc(CN4CCC(F)(F)CC4)cn4ccnc34)cc2CN1N1C(=O)CCCC1=O. The van der Waals surface area contributed by atoms with Crippen LogP contribution < -0.4 is 0 Å². The smallest absolute Gasteiger partial charge is 0.273 e. The number of hydrogen-bond acceptors (Lipinski definition) is 5. The lowest BCUT2D eigenvalue weighted by molar-refractivity contribution is -0.163. The number of likely N-dealkylation sites (tertiary alicyclic amines) is 1. The Labute approximate surface area is 206 Å². The number of carbonyl (C=O) groups excluding carboxylic acids is 3. The molecule has 2 aromatic heterocycles. The van der Waals surface area contributed by atoms with Crippen molar-refractivity contribution in [1.82, 2.24) is 24.3 Å². The Kier molecular flexibility index (Phi) is 5.36. The molecule has 0 N–H and O–H groups in total. The van der Waals surface area contributed by atoms with Gasteiger partial charge in [-0.2, -0.15) is 5.01 Å². The van der Waals surface area contributed by atoms with Gasteiger partial charge in [-0.1, -0.05) is 6.07 Å². The van der Waals surface area contributed by atoms with Gasteiger partial charge < -0.3 is 4.40 Å². The number of imide groups is 1. The standard InChI is InChI=1S/C26H25F2N5O3/c27-26(28)6-9-30(10-7-26)14-17-12-21(24-29-8-11-31(24)15-17)18-4-5-20-19(13-18)16-32(25(20)36)33-22(34)2-1-3-23(33)35/h4-5,8,11-13,15H,1-3,6-7,9-10,14,16H2. The summed E-state index contributed by atoms with van der Waals surface area (Å²) in [5, 5.41) is 2.24. The summed E-state index contributed by atoms with van der Waals surface area (Å²) in [4.78, 5) is 44.3. The van der Waals surface area contributed by atoms with Crippen molar-refractivity contribution < 1.29 is 23.2 Å². The first-order valence-corrected chi connectivity index (χ1v) is 12.2. The molecule has 10 heteroatoms. The summed E-state index contributed by atoms with van der Waals surface area (Å²) in [7, 11) is 0. The summed E-state index contributed by atoms with van der Waals surface area (Å²) in [5.41, 5.74) is 4.63. The molecule has 2 fully saturated rings. The van der Waals surface area contributed by atoms with Crippen LogP contribution in [-0.2, 0) is 22.7 Å². The molecule has 0 atom stereocenters. The Morgan fingerprint density at radius 1 is 0.972 bits per heavy atom. The van der Waals surface area contributed by atoms with Crippen LogP contribution in [0.2, 0.25) is 0 Å². The van der Waals surface area contributed by atoms with E-state index in [1.54, 1.807) is 12.3 Å². The monoisotopic (exact) mass is 493 g/mol. The van der Waals surface area contributed by atoms with Gasteiger partial charge in [0.1, 0.15) is 5.65 Å². The second kappa shape index (κ2) is 8.48. The number of hydrazine groups is 1. The molecule has 1 aromatic carbocycles. The van der Waals surface area contributed by atoms with E-state index in [9.17, 15) is 23.2 Å². The number of benzene rings is 1. The number of nitrogens with zero attached hydrogens (tertiary/aromatic N) is 5. The zero-order valence-electron chi connectivity index (χ0n) is 19.6. The third-order valence-electron chi connectivity index (χ3n) is 7.23. The minimum atomic E-state index is -2.59. The van der Waals surface area contributed by atoms with Crippen LogP contribution in [0.3, 0.4) is 0 Å². The van der Waals surface area contributed by atoms with Crippen LogP contribution in [0.15, 0.2) is 42.9 Å². The van der Waals surface area contributed by atoms with Gasteiger partial charge in [0, 0.05) is 75.0 Å². The van der Waals surface area contributed by atoms with Gasteiger partial charge in [0.15, 0.2) is 0 Å². The van der Waals surface area contributed by atoms with E-state index >= 15 is 0 Å². The topological polar surface area (TPSA) is 78.2 Å². The van der Waals surface area contributed by atoms with E-state index in [0.717, 1.165) is 32.9 Å². The lowest BCUT2D eigenvalue weighted by Gasteiger charge is -2.32. The van der Waals surface area contributed by atoms with Crippen LogP contribution in [0.1, 0.15) is 53.6 Å². The van der Waals surface area contributed by atoms with Crippen LogP contribution in [0.5, 0.6) is 0 Å². The lowest BCUT2D eigenvalue weighted by atomic mass is 9.99. The number of halogens is 2. The second-order valence-electron chi connectivity index (χ2n) is 9.74. The molecule has 0 aliphatic carbocycles. The van der Waals surface area contributed by atoms with Crippen LogP contribution in [0.4, 0.5) is 8.78 Å². The molecule has 0 radical (unpaired) electrons. The summed E-state index contributed by atoms with van der Waals surface area (Å²) in [5.74, 6) is -3.65. The minimum Gasteiger partial charge on any atom is -0.306 e. The van der Waals surface area contributed by atoms with Crippen molar-refractivity contribution in [3.05, 3.63) is 59.5 Å². The van der Waals surface area contributed by atoms with Gasteiger partial charge in [-0.05, 0) is 41.3 Å². The summed E-state index contributed by atoms with van der Waals surface area (Å²) < 4.78 is 29.1. The number of carbonyl (C=O) groups is 3. The van der Waals surface area contributed by atoms with E-state index < -0.39 is 5.92 Å². The van der Waals surface area contributed by atoms with Gasteiger partial charge in [0.25, 0.3) is 11.8 Å². The van der Waals surface area contributed by atoms with Crippen molar-refractivity contribution in [2.45, 2.75) is 51.1 Å². The van der Waals surface area contributed by atoms with E-state index in [1.807, 2.05) is 39.9 Å². The molecule has 0 bridgehead atoms. The van der Waals surface area contributed by atoms with Crippen molar-refractivity contribution in [2.24, 2.45) is 0 Å². The number of rotatable bonds is 4. The van der Waals surface area contributed by atoms with E-state index in [2.05, 4.69) is 4.98 Å². The first-order valence-electron chi connectivity index (χ1n) is 12.2. The van der Waals surface area contributed by atoms with Crippen LogP contribution in [0.25, 0.3) is 16.8 Å². The summed E-state index contributed by atoms with van der Waals surface area (Å²) in [6.45, 7) is 1.38. The van der Waals surface area contributed by atoms with Crippen molar-refractivity contribution in [1.29, 1.82) is 0 Å². The van der Waals surface area contributed by atoms with E-state index in [0.29, 0.717) is 31.6 Å². The molecule has 8 nitrogen and oxygen atoms in total. The Balaban J connectivity index is 1.30. The third-order valence-corrected chi connectivity index (χ3v) is 7.23. The average molecular weight is 494 g/mol. The zero-order chi connectivity index (χ0) is 25.0. The summed E-state index contributed by atoms with van der Waals surface area (Å²) >= 11 is 0. The molecular weight excluding hydrogens is 468 g/mol. The Bertz CT molecular complexity index is 1380. The maximum absolute atomic E-state index is 13.6. The normalized spacial score (nSPS) is 20.4. The molecule has 3 aromatic rings. The maximum Gasteiger partial charge on any atom is 0.273 e. The molecule has 0 saturated carbocycles. The fraction of sp³-hybridized carbons (Fsp3) is 0.385. The summed E-state index contributed by atoms with van der Waals surface area (Å²) in [6, 6.07) is 7.49. The number of pyridine rings is 1. The highest BCUT2D eigenvalue weighted by atomic mass is 19.3. The number of hydrogen-bond donors (Lipinski definition) is 0. The van der Waals surface area contributed by atoms with E-state index in [4.69, 9.17) is 0 Å². The van der Waals surface area contributed by atoms with Crippen molar-refractivity contribution in [2.75, 3.05) is 13.1 Å². The molecule has 0 unspecified atom stereocenters. The first-order chi connectivity index (χ1) is 17.3. The predicted octanol–water partition coefficient (Wildman–Crippen LogP) is 3.64. The Morgan fingerprint density at radius 2 is 1.72 bits per heavy atom. The number of aromatic nitrogens is 2. The van der Waals surface area contributed by atoms with Gasteiger partial charge in [-0.3, -0.25) is 19.3 Å². The van der Waals surface area contributed by atoms with Crippen LogP contribution in [0, 0.1) is 0 Å². The lowest BCUT2D eigenvalue weighted by Crippen LogP contribution is -2.51. The third kappa shape index (κ3) is 3.95. The molecule has 186 valence electrons. The minimum absolute atomic E-state index is 0.134. The van der Waals surface area contributed by atoms with Gasteiger partial charge >= 0.3 is 0 Å². The molecule has 3 aliphatic heterocycles. The predicted molar refractivity (Wildman–Crippen MR) is 126 cm³/mol. The van der Waals surface area contributed by atoms with Crippen molar-refractivity contribution in [3.8, 4) is 11.1 Å². The van der Waals surface area contributed by atoms with Gasteiger partial charge in [-0.15, -0.1) is 0 Å². The molecule has 2 saturated heterocycles.